The maximum atomic E-state index is 12.8. The van der Waals surface area contributed by atoms with Crippen LogP contribution in [-0.4, -0.2) is 11.6 Å². The van der Waals surface area contributed by atoms with E-state index in [0.717, 1.165) is 48.9 Å². The maximum absolute atomic E-state index is 12.8. The SMILES string of the molecule is CC1(OC(=O)C2CC3CC2C2C4C=CC(C4)C32)CCCC1. The largest absolute Gasteiger partial charge is 0.459 e. The summed E-state index contributed by atoms with van der Waals surface area (Å²) < 4.78 is 6.01. The van der Waals surface area contributed by atoms with E-state index in [1.54, 1.807) is 0 Å². The molecule has 0 aromatic heterocycles. The average Bonchev–Trinajstić information content (AvgIpc) is 3.23. The van der Waals surface area contributed by atoms with Gasteiger partial charge in [-0.25, -0.2) is 0 Å². The van der Waals surface area contributed by atoms with Crippen LogP contribution in [0.3, 0.4) is 0 Å². The molecular formula is C19H26O2. The number of ether oxygens (including phenoxy) is 1. The molecule has 7 atom stereocenters. The van der Waals surface area contributed by atoms with E-state index in [2.05, 4.69) is 19.1 Å². The standard InChI is InChI=1S/C19H26O2/c1-19(6-2-3-7-19)21-18(20)15-10-13-9-14(15)17-12-5-4-11(8-12)16(13)17/h4-5,11-17H,2-3,6-10H2,1H3. The van der Waals surface area contributed by atoms with Crippen molar-refractivity contribution >= 4 is 5.97 Å². The van der Waals surface area contributed by atoms with Crippen molar-refractivity contribution in [2.24, 2.45) is 41.4 Å². The first kappa shape index (κ1) is 12.7. The number of rotatable bonds is 2. The highest BCUT2D eigenvalue weighted by molar-refractivity contribution is 5.74. The minimum absolute atomic E-state index is 0.146. The zero-order valence-corrected chi connectivity index (χ0v) is 13.0. The first-order valence-electron chi connectivity index (χ1n) is 9.06. The first-order valence-corrected chi connectivity index (χ1v) is 9.06. The molecule has 0 saturated heterocycles. The van der Waals surface area contributed by atoms with E-state index in [1.165, 1.54) is 25.7 Å². The molecule has 0 aromatic carbocycles. The molecular weight excluding hydrogens is 260 g/mol. The molecule has 21 heavy (non-hydrogen) atoms. The average molecular weight is 286 g/mol. The van der Waals surface area contributed by atoms with Gasteiger partial charge < -0.3 is 4.74 Å². The fourth-order valence-corrected chi connectivity index (χ4v) is 6.83. The number of carbonyl (C=O) groups excluding carboxylic acids is 1. The van der Waals surface area contributed by atoms with E-state index in [1.807, 2.05) is 0 Å². The highest BCUT2D eigenvalue weighted by Crippen LogP contribution is 2.67. The number of carbonyl (C=O) groups is 1. The van der Waals surface area contributed by atoms with E-state index < -0.39 is 0 Å². The Morgan fingerprint density at radius 2 is 1.76 bits per heavy atom. The van der Waals surface area contributed by atoms with Crippen LogP contribution in [-0.2, 0) is 9.53 Å². The van der Waals surface area contributed by atoms with Crippen LogP contribution in [0, 0.1) is 41.4 Å². The number of hydrogen-bond donors (Lipinski definition) is 0. The molecule has 2 nitrogen and oxygen atoms in total. The minimum atomic E-state index is -0.146. The summed E-state index contributed by atoms with van der Waals surface area (Å²) in [5.74, 6) is 5.18. The van der Waals surface area contributed by atoms with Gasteiger partial charge in [-0.2, -0.15) is 0 Å². The van der Waals surface area contributed by atoms with Gasteiger partial charge >= 0.3 is 5.97 Å². The summed E-state index contributed by atoms with van der Waals surface area (Å²) in [5, 5.41) is 0. The summed E-state index contributed by atoms with van der Waals surface area (Å²) in [6.07, 6.45) is 13.3. The molecule has 0 aliphatic heterocycles. The molecule has 0 amide bonds. The van der Waals surface area contributed by atoms with Gasteiger partial charge in [0, 0.05) is 0 Å². The summed E-state index contributed by atoms with van der Waals surface area (Å²) in [4.78, 5) is 12.8. The molecule has 114 valence electrons. The van der Waals surface area contributed by atoms with Gasteiger partial charge in [-0.05, 0) is 87.4 Å². The Balaban J connectivity index is 1.34. The Morgan fingerprint density at radius 3 is 2.52 bits per heavy atom. The Bertz CT molecular complexity index is 502. The van der Waals surface area contributed by atoms with Crippen LogP contribution in [0.2, 0.25) is 0 Å². The molecule has 0 spiro atoms. The third-order valence-electron chi connectivity index (χ3n) is 7.58. The zero-order chi connectivity index (χ0) is 14.2. The maximum Gasteiger partial charge on any atom is 0.309 e. The van der Waals surface area contributed by atoms with Crippen molar-refractivity contribution in [1.29, 1.82) is 0 Å². The molecule has 0 N–H and O–H groups in total. The van der Waals surface area contributed by atoms with Crippen molar-refractivity contribution in [2.45, 2.75) is 57.5 Å². The molecule has 5 rings (SSSR count). The third-order valence-corrected chi connectivity index (χ3v) is 7.58. The van der Waals surface area contributed by atoms with E-state index in [9.17, 15) is 4.79 Å². The summed E-state index contributed by atoms with van der Waals surface area (Å²) in [6, 6.07) is 0. The van der Waals surface area contributed by atoms with Crippen molar-refractivity contribution in [3.8, 4) is 0 Å². The molecule has 5 aliphatic rings. The van der Waals surface area contributed by atoms with E-state index in [4.69, 9.17) is 4.74 Å². The van der Waals surface area contributed by atoms with Gasteiger partial charge in [-0.15, -0.1) is 0 Å². The Morgan fingerprint density at radius 1 is 1.05 bits per heavy atom. The number of allylic oxidation sites excluding steroid dienone is 2. The Hall–Kier alpha value is -0.790. The molecule has 5 aliphatic carbocycles. The summed E-state index contributed by atoms with van der Waals surface area (Å²) in [5.41, 5.74) is -0.146. The first-order chi connectivity index (χ1) is 10.1. The molecule has 7 unspecified atom stereocenters. The van der Waals surface area contributed by atoms with Crippen LogP contribution in [0.4, 0.5) is 0 Å². The predicted molar refractivity (Wildman–Crippen MR) is 80.4 cm³/mol. The summed E-state index contributed by atoms with van der Waals surface area (Å²) in [7, 11) is 0. The van der Waals surface area contributed by atoms with Crippen LogP contribution in [0.25, 0.3) is 0 Å². The second-order valence-electron chi connectivity index (χ2n) is 8.68. The lowest BCUT2D eigenvalue weighted by atomic mass is 9.69. The summed E-state index contributed by atoms with van der Waals surface area (Å²) in [6.45, 7) is 2.15. The minimum Gasteiger partial charge on any atom is -0.459 e. The highest BCUT2D eigenvalue weighted by Gasteiger charge is 2.62. The number of esters is 1. The lowest BCUT2D eigenvalue weighted by molar-refractivity contribution is -0.166. The number of fused-ring (bicyclic) bond motifs is 9. The molecule has 0 radical (unpaired) electrons. The van der Waals surface area contributed by atoms with Gasteiger partial charge in [0.05, 0.1) is 5.92 Å². The third kappa shape index (κ3) is 1.68. The van der Waals surface area contributed by atoms with E-state index >= 15 is 0 Å². The second-order valence-corrected chi connectivity index (χ2v) is 8.68. The molecule has 4 bridgehead atoms. The van der Waals surface area contributed by atoms with Crippen LogP contribution >= 0.6 is 0 Å². The predicted octanol–water partition coefficient (Wildman–Crippen LogP) is 3.96. The molecule has 0 aromatic rings. The van der Waals surface area contributed by atoms with Crippen molar-refractivity contribution in [1.82, 2.24) is 0 Å². The monoisotopic (exact) mass is 286 g/mol. The zero-order valence-electron chi connectivity index (χ0n) is 13.0. The molecule has 4 saturated carbocycles. The highest BCUT2D eigenvalue weighted by atomic mass is 16.6. The molecule has 2 heteroatoms. The van der Waals surface area contributed by atoms with Crippen molar-refractivity contribution in [3.05, 3.63) is 12.2 Å². The van der Waals surface area contributed by atoms with Crippen molar-refractivity contribution in [3.63, 3.8) is 0 Å². The summed E-state index contributed by atoms with van der Waals surface area (Å²) >= 11 is 0. The van der Waals surface area contributed by atoms with Gasteiger partial charge in [0.15, 0.2) is 0 Å². The van der Waals surface area contributed by atoms with E-state index in [-0.39, 0.29) is 17.5 Å². The normalized spacial score (nSPS) is 51.6. The lowest BCUT2D eigenvalue weighted by Crippen LogP contribution is -2.38. The van der Waals surface area contributed by atoms with Crippen LogP contribution in [0.15, 0.2) is 12.2 Å². The molecule has 0 heterocycles. The van der Waals surface area contributed by atoms with Gasteiger partial charge in [0.2, 0.25) is 0 Å². The van der Waals surface area contributed by atoms with Gasteiger partial charge in [-0.1, -0.05) is 12.2 Å². The second kappa shape index (κ2) is 4.14. The van der Waals surface area contributed by atoms with Crippen LogP contribution < -0.4 is 0 Å². The van der Waals surface area contributed by atoms with Crippen molar-refractivity contribution in [2.75, 3.05) is 0 Å². The number of hydrogen-bond acceptors (Lipinski definition) is 2. The smallest absolute Gasteiger partial charge is 0.309 e. The topological polar surface area (TPSA) is 26.3 Å². The Kier molecular flexibility index (Phi) is 2.51. The Labute approximate surface area is 127 Å². The van der Waals surface area contributed by atoms with Gasteiger partial charge in [-0.3, -0.25) is 4.79 Å². The van der Waals surface area contributed by atoms with Crippen LogP contribution in [0.5, 0.6) is 0 Å². The molecule has 4 fully saturated rings. The fraction of sp³-hybridized carbons (Fsp3) is 0.842. The quantitative estimate of drug-likeness (QED) is 0.436. The van der Waals surface area contributed by atoms with Gasteiger partial charge in [0.1, 0.15) is 5.60 Å². The van der Waals surface area contributed by atoms with E-state index in [0.29, 0.717) is 5.92 Å². The fourth-order valence-electron chi connectivity index (χ4n) is 6.83. The van der Waals surface area contributed by atoms with Crippen LogP contribution in [0.1, 0.15) is 51.9 Å². The van der Waals surface area contributed by atoms with Gasteiger partial charge in [0.25, 0.3) is 0 Å². The van der Waals surface area contributed by atoms with Crippen molar-refractivity contribution < 1.29 is 9.53 Å². The lowest BCUT2D eigenvalue weighted by Gasteiger charge is -2.37.